The lowest BCUT2D eigenvalue weighted by Crippen LogP contribution is -2.51. The lowest BCUT2D eigenvalue weighted by Gasteiger charge is -2.37. The topological polar surface area (TPSA) is 61.4 Å². The molecule has 152 valence electrons. The number of nitrogens with one attached hydrogen (secondary N) is 2. The van der Waals surface area contributed by atoms with Gasteiger partial charge in [-0.15, -0.1) is 0 Å². The molecule has 4 rings (SSSR count). The van der Waals surface area contributed by atoms with Crippen molar-refractivity contribution in [1.82, 2.24) is 15.5 Å². The first-order valence-corrected chi connectivity index (χ1v) is 11.0. The number of amides is 2. The number of carbonyl (C=O) groups excluding carboxylic acids is 2. The largest absolute Gasteiger partial charge is 0.346 e. The van der Waals surface area contributed by atoms with Crippen molar-refractivity contribution in [3.05, 3.63) is 35.9 Å². The van der Waals surface area contributed by atoms with Gasteiger partial charge in [-0.25, -0.2) is 0 Å². The number of fused-ring (bicyclic) bond motifs is 1. The lowest BCUT2D eigenvalue weighted by atomic mass is 9.67. The minimum absolute atomic E-state index is 0.0706. The van der Waals surface area contributed by atoms with E-state index in [1.807, 2.05) is 4.90 Å². The van der Waals surface area contributed by atoms with Crippen LogP contribution in [-0.2, 0) is 16.0 Å². The average Bonchev–Trinajstić information content (AvgIpc) is 3.18. The fourth-order valence-electron chi connectivity index (χ4n) is 5.47. The molecule has 5 heteroatoms. The third kappa shape index (κ3) is 4.09. The minimum Gasteiger partial charge on any atom is -0.346 e. The van der Waals surface area contributed by atoms with E-state index in [-0.39, 0.29) is 23.8 Å². The molecular weight excluding hydrogens is 350 g/mol. The smallest absolute Gasteiger partial charge is 0.241 e. The van der Waals surface area contributed by atoms with Crippen LogP contribution in [0.15, 0.2) is 30.3 Å². The van der Waals surface area contributed by atoms with Crippen molar-refractivity contribution in [3.8, 4) is 0 Å². The molecule has 2 aliphatic heterocycles. The van der Waals surface area contributed by atoms with E-state index >= 15 is 0 Å². The Morgan fingerprint density at radius 2 is 1.89 bits per heavy atom. The number of carbonyl (C=O) groups is 2. The molecule has 3 fully saturated rings. The number of hydrogen-bond donors (Lipinski definition) is 2. The molecule has 2 saturated heterocycles. The molecule has 5 nitrogen and oxygen atoms in total. The molecular formula is C23H33N3O2. The number of piperidine rings is 1. The van der Waals surface area contributed by atoms with Crippen molar-refractivity contribution in [2.75, 3.05) is 32.7 Å². The van der Waals surface area contributed by atoms with Crippen LogP contribution < -0.4 is 10.6 Å². The lowest BCUT2D eigenvalue weighted by molar-refractivity contribution is -0.138. The molecule has 2 atom stereocenters. The molecule has 2 N–H and O–H groups in total. The number of nitrogens with zero attached hydrogens (tertiary/aromatic N) is 1. The molecule has 2 amide bonds. The van der Waals surface area contributed by atoms with E-state index in [2.05, 4.69) is 41.0 Å². The van der Waals surface area contributed by atoms with Crippen LogP contribution in [0, 0.1) is 17.3 Å². The zero-order valence-corrected chi connectivity index (χ0v) is 16.8. The maximum Gasteiger partial charge on any atom is 0.241 e. The van der Waals surface area contributed by atoms with Gasteiger partial charge in [-0.2, -0.15) is 0 Å². The Morgan fingerprint density at radius 3 is 2.68 bits per heavy atom. The molecule has 0 bridgehead atoms. The highest BCUT2D eigenvalue weighted by atomic mass is 16.2. The molecule has 1 aromatic rings. The normalized spacial score (nSPS) is 28.0. The highest BCUT2D eigenvalue weighted by Crippen LogP contribution is 2.43. The van der Waals surface area contributed by atoms with Gasteiger partial charge in [0.15, 0.2) is 0 Å². The molecule has 3 aliphatic rings. The fraction of sp³-hybridized carbons (Fsp3) is 0.652. The first-order chi connectivity index (χ1) is 13.7. The van der Waals surface area contributed by atoms with E-state index in [9.17, 15) is 9.59 Å². The van der Waals surface area contributed by atoms with E-state index in [1.54, 1.807) is 0 Å². The van der Waals surface area contributed by atoms with Crippen LogP contribution >= 0.6 is 0 Å². The summed E-state index contributed by atoms with van der Waals surface area (Å²) in [6.07, 6.45) is 7.61. The molecule has 2 heterocycles. The highest BCUT2D eigenvalue weighted by Gasteiger charge is 2.49. The number of rotatable bonds is 5. The molecule has 1 aliphatic carbocycles. The molecule has 28 heavy (non-hydrogen) atoms. The van der Waals surface area contributed by atoms with Gasteiger partial charge in [0.2, 0.25) is 11.8 Å². The second-order valence-corrected chi connectivity index (χ2v) is 8.93. The number of hydrogen-bond acceptors (Lipinski definition) is 3. The SMILES string of the molecule is O=C(CNC(=O)[C@@]12CCCC[C@H]1CNC2)N1CCC(Cc2ccccc2)CC1. The van der Waals surface area contributed by atoms with Crippen molar-refractivity contribution < 1.29 is 9.59 Å². The van der Waals surface area contributed by atoms with Crippen LogP contribution in [0.4, 0.5) is 0 Å². The van der Waals surface area contributed by atoms with Crippen molar-refractivity contribution in [2.45, 2.75) is 44.9 Å². The predicted octanol–water partition coefficient (Wildman–Crippen LogP) is 2.36. The van der Waals surface area contributed by atoms with Gasteiger partial charge in [-0.1, -0.05) is 43.2 Å². The minimum atomic E-state index is -0.277. The van der Waals surface area contributed by atoms with Crippen molar-refractivity contribution in [1.29, 1.82) is 0 Å². The van der Waals surface area contributed by atoms with Gasteiger partial charge in [0, 0.05) is 19.6 Å². The van der Waals surface area contributed by atoms with Crippen molar-refractivity contribution >= 4 is 11.8 Å². The van der Waals surface area contributed by atoms with E-state index in [4.69, 9.17) is 0 Å². The van der Waals surface area contributed by atoms with E-state index in [1.165, 1.54) is 12.0 Å². The summed E-state index contributed by atoms with van der Waals surface area (Å²) in [7, 11) is 0. The second kappa shape index (κ2) is 8.64. The van der Waals surface area contributed by atoms with E-state index < -0.39 is 0 Å². The molecule has 1 saturated carbocycles. The van der Waals surface area contributed by atoms with Crippen LogP contribution in [0.25, 0.3) is 0 Å². The number of likely N-dealkylation sites (tertiary alicyclic amines) is 1. The Labute approximate surface area is 168 Å². The van der Waals surface area contributed by atoms with Gasteiger partial charge in [0.05, 0.1) is 12.0 Å². The van der Waals surface area contributed by atoms with Crippen LogP contribution in [-0.4, -0.2) is 49.4 Å². The summed E-state index contributed by atoms with van der Waals surface area (Å²) in [5.41, 5.74) is 1.10. The quantitative estimate of drug-likeness (QED) is 0.821. The van der Waals surface area contributed by atoms with Gasteiger partial charge < -0.3 is 15.5 Å². The van der Waals surface area contributed by atoms with Crippen LogP contribution in [0.5, 0.6) is 0 Å². The van der Waals surface area contributed by atoms with Crippen molar-refractivity contribution in [3.63, 3.8) is 0 Å². The summed E-state index contributed by atoms with van der Waals surface area (Å²) in [5.74, 6) is 1.24. The molecule has 0 radical (unpaired) electrons. The van der Waals surface area contributed by atoms with Gasteiger partial charge in [0.25, 0.3) is 0 Å². The number of benzene rings is 1. The monoisotopic (exact) mass is 383 g/mol. The third-order valence-corrected chi connectivity index (χ3v) is 7.22. The molecule has 0 aromatic heterocycles. The first-order valence-electron chi connectivity index (χ1n) is 11.0. The highest BCUT2D eigenvalue weighted by molar-refractivity contribution is 5.88. The van der Waals surface area contributed by atoms with Gasteiger partial charge in [-0.3, -0.25) is 9.59 Å². The zero-order valence-electron chi connectivity index (χ0n) is 16.8. The Hall–Kier alpha value is -1.88. The summed E-state index contributed by atoms with van der Waals surface area (Å²) in [6, 6.07) is 10.6. The van der Waals surface area contributed by atoms with Crippen LogP contribution in [0.3, 0.4) is 0 Å². The maximum atomic E-state index is 12.9. The average molecular weight is 384 g/mol. The Kier molecular flexibility index (Phi) is 6.00. The Bertz CT molecular complexity index is 684. The van der Waals surface area contributed by atoms with Crippen LogP contribution in [0.2, 0.25) is 0 Å². The Balaban J connectivity index is 1.23. The third-order valence-electron chi connectivity index (χ3n) is 7.22. The summed E-state index contributed by atoms with van der Waals surface area (Å²) >= 11 is 0. The summed E-state index contributed by atoms with van der Waals surface area (Å²) in [6.45, 7) is 3.47. The van der Waals surface area contributed by atoms with Crippen LogP contribution in [0.1, 0.15) is 44.1 Å². The molecule has 1 aromatic carbocycles. The molecule has 0 unspecified atom stereocenters. The first kappa shape index (κ1) is 19.4. The standard InChI is InChI=1S/C23H33N3O2/c27-21(16-25-22(28)23-11-5-4-8-20(23)15-24-17-23)26-12-9-19(10-13-26)14-18-6-2-1-3-7-18/h1-3,6-7,19-20,24H,4-5,8-17H2,(H,25,28)/t20-,23+/m0/s1. The summed E-state index contributed by atoms with van der Waals surface area (Å²) in [5, 5.41) is 6.40. The van der Waals surface area contributed by atoms with Gasteiger partial charge in [0.1, 0.15) is 0 Å². The maximum absolute atomic E-state index is 12.9. The summed E-state index contributed by atoms with van der Waals surface area (Å²) < 4.78 is 0. The molecule has 0 spiro atoms. The second-order valence-electron chi connectivity index (χ2n) is 8.93. The van der Waals surface area contributed by atoms with Gasteiger partial charge in [-0.05, 0) is 56.0 Å². The van der Waals surface area contributed by atoms with E-state index in [0.717, 1.165) is 64.7 Å². The zero-order chi connectivity index (χ0) is 19.4. The fourth-order valence-corrected chi connectivity index (χ4v) is 5.47. The van der Waals surface area contributed by atoms with E-state index in [0.29, 0.717) is 11.8 Å². The summed E-state index contributed by atoms with van der Waals surface area (Å²) in [4.78, 5) is 27.5. The Morgan fingerprint density at radius 1 is 1.11 bits per heavy atom. The predicted molar refractivity (Wildman–Crippen MR) is 110 cm³/mol. The van der Waals surface area contributed by atoms with Gasteiger partial charge >= 0.3 is 0 Å². The van der Waals surface area contributed by atoms with Crippen molar-refractivity contribution in [2.24, 2.45) is 17.3 Å².